The van der Waals surface area contributed by atoms with Crippen LogP contribution >= 0.6 is 0 Å². The second kappa shape index (κ2) is 10.2. The summed E-state index contributed by atoms with van der Waals surface area (Å²) in [6, 6.07) is 9.48. The summed E-state index contributed by atoms with van der Waals surface area (Å²) in [5, 5.41) is 0. The molecule has 0 aliphatic carbocycles. The number of nitrogens with zero attached hydrogens (tertiary/aromatic N) is 3. The SMILES string of the molecule is COCCCOc1ccnc(CS(=O)n2cnc3ccccc32)c1C.[Na]. The van der Waals surface area contributed by atoms with Crippen LogP contribution in [0.2, 0.25) is 0 Å². The first-order valence-corrected chi connectivity index (χ1v) is 9.35. The smallest absolute Gasteiger partial charge is 0.131 e. The Morgan fingerprint density at radius 2 is 1.96 bits per heavy atom. The molecule has 0 fully saturated rings. The molecular weight excluding hydrogens is 361 g/mol. The number of hydrogen-bond donors (Lipinski definition) is 0. The molecule has 3 aromatic rings. The largest absolute Gasteiger partial charge is 0.493 e. The second-order valence-corrected chi connectivity index (χ2v) is 6.93. The zero-order chi connectivity index (χ0) is 17.6. The van der Waals surface area contributed by atoms with Crippen LogP contribution in [0.3, 0.4) is 0 Å². The van der Waals surface area contributed by atoms with Crippen LogP contribution in [-0.4, -0.2) is 68.0 Å². The van der Waals surface area contributed by atoms with E-state index in [-0.39, 0.29) is 29.6 Å². The van der Waals surface area contributed by atoms with E-state index in [0.29, 0.717) is 19.0 Å². The maximum atomic E-state index is 12.8. The summed E-state index contributed by atoms with van der Waals surface area (Å²) >= 11 is 0. The Morgan fingerprint density at radius 1 is 1.15 bits per heavy atom. The number of para-hydroxylation sites is 2. The molecule has 1 atom stereocenters. The Bertz CT molecular complexity index is 885. The summed E-state index contributed by atoms with van der Waals surface area (Å²) in [4.78, 5) is 8.67. The molecule has 133 valence electrons. The molecular formula is C18H21N3NaO3S. The van der Waals surface area contributed by atoms with Crippen molar-refractivity contribution < 1.29 is 13.7 Å². The zero-order valence-electron chi connectivity index (χ0n) is 15.3. The molecule has 0 amide bonds. The van der Waals surface area contributed by atoms with Crippen LogP contribution in [0.5, 0.6) is 5.75 Å². The van der Waals surface area contributed by atoms with Gasteiger partial charge in [-0.15, -0.1) is 0 Å². The van der Waals surface area contributed by atoms with Crippen LogP contribution < -0.4 is 4.74 Å². The van der Waals surface area contributed by atoms with Crippen molar-refractivity contribution in [2.24, 2.45) is 0 Å². The molecule has 0 bridgehead atoms. The van der Waals surface area contributed by atoms with Gasteiger partial charge >= 0.3 is 0 Å². The minimum atomic E-state index is -1.29. The number of fused-ring (bicyclic) bond motifs is 1. The third-order valence-electron chi connectivity index (χ3n) is 3.91. The Labute approximate surface area is 177 Å². The molecule has 1 aromatic carbocycles. The fourth-order valence-electron chi connectivity index (χ4n) is 2.53. The predicted octanol–water partition coefficient (Wildman–Crippen LogP) is 2.49. The van der Waals surface area contributed by atoms with Gasteiger partial charge in [0, 0.05) is 61.5 Å². The molecule has 0 saturated carbocycles. The van der Waals surface area contributed by atoms with Gasteiger partial charge < -0.3 is 9.47 Å². The number of benzene rings is 1. The molecule has 2 heterocycles. The van der Waals surface area contributed by atoms with Crippen molar-refractivity contribution >= 4 is 51.6 Å². The number of pyridine rings is 1. The fourth-order valence-corrected chi connectivity index (χ4v) is 3.72. The second-order valence-electron chi connectivity index (χ2n) is 5.60. The minimum Gasteiger partial charge on any atom is -0.493 e. The van der Waals surface area contributed by atoms with E-state index >= 15 is 0 Å². The Balaban J connectivity index is 0.00000243. The average molecular weight is 382 g/mol. The number of rotatable bonds is 8. The van der Waals surface area contributed by atoms with Crippen molar-refractivity contribution in [1.82, 2.24) is 13.9 Å². The maximum Gasteiger partial charge on any atom is 0.131 e. The van der Waals surface area contributed by atoms with E-state index in [1.165, 1.54) is 0 Å². The predicted molar refractivity (Wildman–Crippen MR) is 104 cm³/mol. The van der Waals surface area contributed by atoms with Gasteiger partial charge in [0.1, 0.15) is 23.1 Å². The summed E-state index contributed by atoms with van der Waals surface area (Å²) in [6.45, 7) is 3.18. The summed E-state index contributed by atoms with van der Waals surface area (Å²) in [7, 11) is 0.383. The van der Waals surface area contributed by atoms with E-state index in [4.69, 9.17) is 9.47 Å². The van der Waals surface area contributed by atoms with Crippen molar-refractivity contribution in [2.75, 3.05) is 20.3 Å². The van der Waals surface area contributed by atoms with Gasteiger partial charge in [-0.25, -0.2) is 13.2 Å². The topological polar surface area (TPSA) is 66.2 Å². The number of methoxy groups -OCH3 is 1. The molecule has 0 aliphatic rings. The number of imidazole rings is 1. The number of hydrogen-bond acceptors (Lipinski definition) is 5. The summed E-state index contributed by atoms with van der Waals surface area (Å²) < 4.78 is 25.3. The van der Waals surface area contributed by atoms with Gasteiger partial charge in [-0.2, -0.15) is 0 Å². The monoisotopic (exact) mass is 382 g/mol. The molecule has 1 radical (unpaired) electrons. The van der Waals surface area contributed by atoms with E-state index in [1.54, 1.807) is 23.6 Å². The van der Waals surface area contributed by atoms with Gasteiger partial charge in [-0.1, -0.05) is 12.1 Å². The van der Waals surface area contributed by atoms with Gasteiger partial charge in [-0.3, -0.25) is 4.98 Å². The van der Waals surface area contributed by atoms with Crippen molar-refractivity contribution in [1.29, 1.82) is 0 Å². The van der Waals surface area contributed by atoms with E-state index in [1.807, 2.05) is 37.3 Å². The molecule has 6 nitrogen and oxygen atoms in total. The first-order chi connectivity index (χ1) is 12.2. The fraction of sp³-hybridized carbons (Fsp3) is 0.333. The van der Waals surface area contributed by atoms with Crippen LogP contribution in [0.15, 0.2) is 42.9 Å². The zero-order valence-corrected chi connectivity index (χ0v) is 18.2. The van der Waals surface area contributed by atoms with Crippen LogP contribution in [0.4, 0.5) is 0 Å². The first-order valence-electron chi connectivity index (χ1n) is 8.08. The van der Waals surface area contributed by atoms with Gasteiger partial charge in [0.2, 0.25) is 0 Å². The van der Waals surface area contributed by atoms with E-state index < -0.39 is 11.0 Å². The average Bonchev–Trinajstić information content (AvgIpc) is 3.06. The first kappa shape index (κ1) is 21.1. The molecule has 0 saturated heterocycles. The number of aromatic nitrogens is 3. The minimum absolute atomic E-state index is 0. The van der Waals surface area contributed by atoms with Crippen molar-refractivity contribution in [3.8, 4) is 5.75 Å². The molecule has 26 heavy (non-hydrogen) atoms. The van der Waals surface area contributed by atoms with Crippen molar-refractivity contribution in [3.05, 3.63) is 54.1 Å². The van der Waals surface area contributed by atoms with Crippen molar-refractivity contribution in [2.45, 2.75) is 19.1 Å². The summed E-state index contributed by atoms with van der Waals surface area (Å²) in [5.41, 5.74) is 3.36. The molecule has 2 aromatic heterocycles. The van der Waals surface area contributed by atoms with Gasteiger partial charge in [-0.05, 0) is 25.1 Å². The van der Waals surface area contributed by atoms with E-state index in [0.717, 1.165) is 34.5 Å². The summed E-state index contributed by atoms with van der Waals surface area (Å²) in [5.74, 6) is 1.08. The Morgan fingerprint density at radius 3 is 2.77 bits per heavy atom. The van der Waals surface area contributed by atoms with Crippen LogP contribution in [0.25, 0.3) is 11.0 Å². The number of ether oxygens (including phenoxy) is 2. The summed E-state index contributed by atoms with van der Waals surface area (Å²) in [6.07, 6.45) is 4.12. The molecule has 1 unspecified atom stereocenters. The normalized spacial score (nSPS) is 11.9. The molecule has 0 aliphatic heterocycles. The maximum absolute atomic E-state index is 12.8. The van der Waals surface area contributed by atoms with Crippen LogP contribution in [0, 0.1) is 6.92 Å². The van der Waals surface area contributed by atoms with Gasteiger partial charge in [0.25, 0.3) is 0 Å². The van der Waals surface area contributed by atoms with Gasteiger partial charge in [0.15, 0.2) is 0 Å². The third kappa shape index (κ3) is 4.92. The van der Waals surface area contributed by atoms with Crippen molar-refractivity contribution in [3.63, 3.8) is 0 Å². The van der Waals surface area contributed by atoms with Crippen LogP contribution in [-0.2, 0) is 21.5 Å². The Hall–Kier alpha value is -1.25. The van der Waals surface area contributed by atoms with Crippen LogP contribution in [0.1, 0.15) is 17.7 Å². The molecule has 8 heteroatoms. The molecule has 0 N–H and O–H groups in total. The van der Waals surface area contributed by atoms with E-state index in [9.17, 15) is 4.21 Å². The molecule has 3 rings (SSSR count). The van der Waals surface area contributed by atoms with E-state index in [2.05, 4.69) is 9.97 Å². The van der Waals surface area contributed by atoms with Gasteiger partial charge in [0.05, 0.1) is 29.1 Å². The standard InChI is InChI=1S/C18H21N3O3S.Na/c1-14-16(19-9-8-18(14)24-11-5-10-23-2)12-25(22)21-13-20-15-6-3-4-7-17(15)21;/h3-4,6-9,13H,5,10-12H2,1-2H3;. The quantitative estimate of drug-likeness (QED) is 0.442. The molecule has 0 spiro atoms. The third-order valence-corrected chi connectivity index (χ3v) is 5.16. The Kier molecular flexibility index (Phi) is 8.24.